The van der Waals surface area contributed by atoms with E-state index in [1.807, 2.05) is 20.8 Å². The lowest BCUT2D eigenvalue weighted by Gasteiger charge is -2.33. The smallest absolute Gasteiger partial charge is 0.253 e. The quantitative estimate of drug-likeness (QED) is 0.857. The molecule has 23 heavy (non-hydrogen) atoms. The van der Waals surface area contributed by atoms with Crippen molar-refractivity contribution in [1.82, 2.24) is 5.32 Å². The third-order valence-corrected chi connectivity index (χ3v) is 5.34. The molecule has 130 valence electrons. The van der Waals surface area contributed by atoms with Gasteiger partial charge < -0.3 is 5.32 Å². The van der Waals surface area contributed by atoms with Crippen LogP contribution in [0.2, 0.25) is 0 Å². The molecule has 0 bridgehead atoms. The van der Waals surface area contributed by atoms with E-state index in [9.17, 15) is 13.2 Å². The first-order valence-electron chi connectivity index (χ1n) is 8.02. The molecule has 0 aliphatic heterocycles. The SMILES string of the molecule is CCCS(=O)(=O)c1ccccc1C(=O)NC(C)(C)CC(C)(C)C. The van der Waals surface area contributed by atoms with Crippen molar-refractivity contribution >= 4 is 15.7 Å². The van der Waals surface area contributed by atoms with Crippen molar-refractivity contribution in [3.63, 3.8) is 0 Å². The molecular formula is C18H29NO3S. The van der Waals surface area contributed by atoms with Gasteiger partial charge in [0.2, 0.25) is 0 Å². The molecule has 0 aliphatic rings. The largest absolute Gasteiger partial charge is 0.347 e. The van der Waals surface area contributed by atoms with E-state index in [1.165, 1.54) is 6.07 Å². The summed E-state index contributed by atoms with van der Waals surface area (Å²) >= 11 is 0. The van der Waals surface area contributed by atoms with E-state index in [1.54, 1.807) is 18.2 Å². The van der Waals surface area contributed by atoms with Crippen molar-refractivity contribution < 1.29 is 13.2 Å². The molecular weight excluding hydrogens is 310 g/mol. The van der Waals surface area contributed by atoms with E-state index in [4.69, 9.17) is 0 Å². The molecule has 1 aromatic carbocycles. The van der Waals surface area contributed by atoms with Crippen LogP contribution in [0.25, 0.3) is 0 Å². The molecule has 0 aliphatic carbocycles. The van der Waals surface area contributed by atoms with Gasteiger partial charge in [0.1, 0.15) is 0 Å². The molecule has 4 nitrogen and oxygen atoms in total. The Kier molecular flexibility index (Phi) is 6.02. The predicted octanol–water partition coefficient (Wildman–Crippen LogP) is 3.81. The number of carbonyl (C=O) groups excluding carboxylic acids is 1. The van der Waals surface area contributed by atoms with Crippen LogP contribution >= 0.6 is 0 Å². The van der Waals surface area contributed by atoms with E-state index >= 15 is 0 Å². The van der Waals surface area contributed by atoms with Gasteiger partial charge in [-0.25, -0.2) is 8.42 Å². The molecule has 0 unspecified atom stereocenters. The summed E-state index contributed by atoms with van der Waals surface area (Å²) in [6, 6.07) is 6.43. The predicted molar refractivity (Wildman–Crippen MR) is 94.4 cm³/mol. The van der Waals surface area contributed by atoms with Crippen LogP contribution in [0.5, 0.6) is 0 Å². The first-order chi connectivity index (χ1) is 10.4. The van der Waals surface area contributed by atoms with Gasteiger partial charge in [0.25, 0.3) is 5.91 Å². The second kappa shape index (κ2) is 7.04. The Hall–Kier alpha value is -1.36. The van der Waals surface area contributed by atoms with Crippen LogP contribution in [0, 0.1) is 5.41 Å². The molecule has 0 saturated carbocycles. The minimum absolute atomic E-state index is 0.0443. The highest BCUT2D eigenvalue weighted by atomic mass is 32.2. The first-order valence-corrected chi connectivity index (χ1v) is 9.67. The van der Waals surface area contributed by atoms with Gasteiger partial charge in [-0.05, 0) is 44.2 Å². The standard InChI is InChI=1S/C18H29NO3S/c1-7-12-23(21,22)15-11-9-8-10-14(15)16(20)19-18(5,6)13-17(2,3)4/h8-11H,7,12-13H2,1-6H3,(H,19,20). The average Bonchev–Trinajstić information content (AvgIpc) is 2.35. The fourth-order valence-corrected chi connectivity index (χ4v) is 4.59. The molecule has 0 fully saturated rings. The van der Waals surface area contributed by atoms with Crippen LogP contribution in [0.3, 0.4) is 0 Å². The average molecular weight is 340 g/mol. The number of carbonyl (C=O) groups is 1. The van der Waals surface area contributed by atoms with Crippen LogP contribution in [-0.2, 0) is 9.84 Å². The topological polar surface area (TPSA) is 63.2 Å². The van der Waals surface area contributed by atoms with E-state index in [-0.39, 0.29) is 27.5 Å². The molecule has 0 aromatic heterocycles. The minimum atomic E-state index is -3.44. The normalized spacial score (nSPS) is 13.0. The van der Waals surface area contributed by atoms with Gasteiger partial charge in [-0.15, -0.1) is 0 Å². The van der Waals surface area contributed by atoms with Crippen molar-refractivity contribution in [1.29, 1.82) is 0 Å². The number of hydrogen-bond acceptors (Lipinski definition) is 3. The highest BCUT2D eigenvalue weighted by Gasteiger charge is 2.29. The summed E-state index contributed by atoms with van der Waals surface area (Å²) in [6.07, 6.45) is 1.31. The maximum Gasteiger partial charge on any atom is 0.253 e. The summed E-state index contributed by atoms with van der Waals surface area (Å²) in [5.74, 6) is -0.294. The fraction of sp³-hybridized carbons (Fsp3) is 0.611. The Labute approximate surface area is 140 Å². The van der Waals surface area contributed by atoms with E-state index in [0.717, 1.165) is 6.42 Å². The lowest BCUT2D eigenvalue weighted by atomic mass is 9.81. The Balaban J connectivity index is 3.11. The van der Waals surface area contributed by atoms with E-state index in [2.05, 4.69) is 26.1 Å². The summed E-state index contributed by atoms with van der Waals surface area (Å²) < 4.78 is 24.7. The van der Waals surface area contributed by atoms with Crippen molar-refractivity contribution in [3.05, 3.63) is 29.8 Å². The molecule has 0 saturated heterocycles. The zero-order valence-corrected chi connectivity index (χ0v) is 15.9. The maximum atomic E-state index is 12.6. The summed E-state index contributed by atoms with van der Waals surface area (Å²) in [6.45, 7) is 12.1. The lowest BCUT2D eigenvalue weighted by Crippen LogP contribution is -2.46. The van der Waals surface area contributed by atoms with Crippen molar-refractivity contribution in [2.75, 3.05) is 5.75 Å². The van der Waals surface area contributed by atoms with Gasteiger partial charge in [-0.1, -0.05) is 39.8 Å². The Morgan fingerprint density at radius 2 is 1.65 bits per heavy atom. The van der Waals surface area contributed by atoms with Crippen LogP contribution in [0.15, 0.2) is 29.2 Å². The van der Waals surface area contributed by atoms with Crippen LogP contribution in [-0.4, -0.2) is 25.6 Å². The molecule has 0 atom stereocenters. The van der Waals surface area contributed by atoms with Crippen molar-refractivity contribution in [2.45, 2.75) is 64.8 Å². The Bertz CT molecular complexity index is 655. The maximum absolute atomic E-state index is 12.6. The minimum Gasteiger partial charge on any atom is -0.347 e. The molecule has 1 N–H and O–H groups in total. The Morgan fingerprint density at radius 3 is 2.17 bits per heavy atom. The molecule has 1 amide bonds. The van der Waals surface area contributed by atoms with Crippen LogP contribution in [0.4, 0.5) is 0 Å². The lowest BCUT2D eigenvalue weighted by molar-refractivity contribution is 0.0888. The van der Waals surface area contributed by atoms with Gasteiger partial charge in [-0.2, -0.15) is 0 Å². The third kappa shape index (κ3) is 5.98. The zero-order valence-electron chi connectivity index (χ0n) is 15.1. The van der Waals surface area contributed by atoms with Gasteiger partial charge >= 0.3 is 0 Å². The van der Waals surface area contributed by atoms with Gasteiger partial charge in [0, 0.05) is 5.54 Å². The van der Waals surface area contributed by atoms with Crippen molar-refractivity contribution in [3.8, 4) is 0 Å². The second-order valence-corrected chi connectivity index (χ2v) is 9.97. The molecule has 1 aromatic rings. The highest BCUT2D eigenvalue weighted by molar-refractivity contribution is 7.91. The van der Waals surface area contributed by atoms with E-state index in [0.29, 0.717) is 6.42 Å². The molecule has 0 spiro atoms. The number of amides is 1. The summed E-state index contributed by atoms with van der Waals surface area (Å²) in [7, 11) is -3.44. The molecule has 1 rings (SSSR count). The van der Waals surface area contributed by atoms with Gasteiger partial charge in [0.05, 0.1) is 16.2 Å². The third-order valence-electron chi connectivity index (χ3n) is 3.36. The highest BCUT2D eigenvalue weighted by Crippen LogP contribution is 2.27. The second-order valence-electron chi connectivity index (χ2n) is 7.89. The van der Waals surface area contributed by atoms with Crippen LogP contribution in [0.1, 0.15) is 64.7 Å². The molecule has 5 heteroatoms. The summed E-state index contributed by atoms with van der Waals surface area (Å²) in [5.41, 5.74) is -0.135. The summed E-state index contributed by atoms with van der Waals surface area (Å²) in [5, 5.41) is 2.98. The van der Waals surface area contributed by atoms with E-state index < -0.39 is 15.4 Å². The zero-order chi connectivity index (χ0) is 17.9. The molecule has 0 heterocycles. The van der Waals surface area contributed by atoms with Gasteiger partial charge in [0.15, 0.2) is 9.84 Å². The first kappa shape index (κ1) is 19.7. The number of nitrogens with one attached hydrogen (secondary N) is 1. The Morgan fingerprint density at radius 1 is 1.09 bits per heavy atom. The summed E-state index contributed by atoms with van der Waals surface area (Å²) in [4.78, 5) is 12.8. The van der Waals surface area contributed by atoms with Gasteiger partial charge in [-0.3, -0.25) is 4.79 Å². The number of benzene rings is 1. The number of hydrogen-bond donors (Lipinski definition) is 1. The van der Waals surface area contributed by atoms with Crippen molar-refractivity contribution in [2.24, 2.45) is 5.41 Å². The fourth-order valence-electron chi connectivity index (χ4n) is 3.05. The van der Waals surface area contributed by atoms with Crippen LogP contribution < -0.4 is 5.32 Å². The number of rotatable bonds is 6. The monoisotopic (exact) mass is 339 g/mol. The number of sulfone groups is 1. The molecule has 0 radical (unpaired) electrons.